The molecule has 19 heavy (non-hydrogen) atoms. The Morgan fingerprint density at radius 3 is 2.37 bits per heavy atom. The molecule has 1 atom stereocenters. The lowest BCUT2D eigenvalue weighted by molar-refractivity contribution is -0.148. The van der Waals surface area contributed by atoms with Crippen molar-refractivity contribution in [2.75, 3.05) is 19.0 Å². The molecule has 0 saturated carbocycles. The fourth-order valence-corrected chi connectivity index (χ4v) is 2.00. The number of anilines is 1. The molecule has 0 aliphatic heterocycles. The zero-order chi connectivity index (χ0) is 14.3. The standard InChI is InChI=1S/C15H23NO3/c1-5-11-15(3,14(17)19-6-2)16-12-7-9-13(18-4)10-8-12/h7-10,16H,5-6,11H2,1-4H3. The van der Waals surface area contributed by atoms with Crippen molar-refractivity contribution >= 4 is 11.7 Å². The van der Waals surface area contributed by atoms with Crippen LogP contribution in [-0.4, -0.2) is 25.2 Å². The summed E-state index contributed by atoms with van der Waals surface area (Å²) in [5.74, 6) is 0.576. The van der Waals surface area contributed by atoms with Gasteiger partial charge in [0.15, 0.2) is 0 Å². The highest BCUT2D eigenvalue weighted by Gasteiger charge is 2.33. The first-order valence-corrected chi connectivity index (χ1v) is 6.65. The molecule has 0 aromatic heterocycles. The predicted octanol–water partition coefficient (Wildman–Crippen LogP) is 3.23. The number of hydrogen-bond acceptors (Lipinski definition) is 4. The van der Waals surface area contributed by atoms with Crippen molar-refractivity contribution in [1.82, 2.24) is 0 Å². The van der Waals surface area contributed by atoms with Crippen LogP contribution in [0.5, 0.6) is 5.75 Å². The van der Waals surface area contributed by atoms with Crippen LogP contribution in [-0.2, 0) is 9.53 Å². The average molecular weight is 265 g/mol. The largest absolute Gasteiger partial charge is 0.497 e. The molecule has 0 saturated heterocycles. The minimum atomic E-state index is -0.695. The van der Waals surface area contributed by atoms with Gasteiger partial charge in [0, 0.05) is 5.69 Å². The molecule has 0 spiro atoms. The molecule has 0 fully saturated rings. The van der Waals surface area contributed by atoms with E-state index in [0.717, 1.165) is 24.3 Å². The topological polar surface area (TPSA) is 47.6 Å². The second-order valence-electron chi connectivity index (χ2n) is 4.66. The minimum Gasteiger partial charge on any atom is -0.497 e. The number of benzene rings is 1. The SMILES string of the molecule is CCCC(C)(Nc1ccc(OC)cc1)C(=O)OCC. The molecule has 106 valence electrons. The van der Waals surface area contributed by atoms with Gasteiger partial charge in [0.2, 0.25) is 0 Å². The van der Waals surface area contributed by atoms with Crippen molar-refractivity contribution in [3.05, 3.63) is 24.3 Å². The van der Waals surface area contributed by atoms with E-state index in [4.69, 9.17) is 9.47 Å². The number of nitrogens with one attached hydrogen (secondary N) is 1. The second-order valence-corrected chi connectivity index (χ2v) is 4.66. The Bertz CT molecular complexity index is 402. The van der Waals surface area contributed by atoms with Crippen molar-refractivity contribution in [1.29, 1.82) is 0 Å². The highest BCUT2D eigenvalue weighted by Crippen LogP contribution is 2.23. The van der Waals surface area contributed by atoms with Gasteiger partial charge in [0.1, 0.15) is 11.3 Å². The molecule has 0 heterocycles. The number of rotatable bonds is 7. The van der Waals surface area contributed by atoms with E-state index >= 15 is 0 Å². The van der Waals surface area contributed by atoms with Crippen LogP contribution in [0.15, 0.2) is 24.3 Å². The van der Waals surface area contributed by atoms with Crippen LogP contribution in [0.3, 0.4) is 0 Å². The summed E-state index contributed by atoms with van der Waals surface area (Å²) >= 11 is 0. The molecule has 4 heteroatoms. The Kier molecular flexibility index (Phi) is 5.67. The summed E-state index contributed by atoms with van der Waals surface area (Å²) in [6.07, 6.45) is 1.62. The number of esters is 1. The van der Waals surface area contributed by atoms with E-state index in [1.807, 2.05) is 45.0 Å². The quantitative estimate of drug-likeness (QED) is 0.769. The first-order chi connectivity index (χ1) is 9.05. The average Bonchev–Trinajstić information content (AvgIpc) is 2.40. The molecule has 0 radical (unpaired) electrons. The molecule has 1 aromatic rings. The third kappa shape index (κ3) is 4.16. The van der Waals surface area contributed by atoms with Crippen molar-refractivity contribution in [3.63, 3.8) is 0 Å². The molecule has 0 amide bonds. The monoisotopic (exact) mass is 265 g/mol. The zero-order valence-corrected chi connectivity index (χ0v) is 12.2. The Morgan fingerprint density at radius 2 is 1.89 bits per heavy atom. The third-order valence-electron chi connectivity index (χ3n) is 2.99. The van der Waals surface area contributed by atoms with Crippen LogP contribution in [0.2, 0.25) is 0 Å². The number of carbonyl (C=O) groups excluding carboxylic acids is 1. The smallest absolute Gasteiger partial charge is 0.331 e. The maximum atomic E-state index is 12.1. The lowest BCUT2D eigenvalue weighted by atomic mass is 9.95. The summed E-state index contributed by atoms with van der Waals surface area (Å²) in [5, 5.41) is 3.26. The highest BCUT2D eigenvalue weighted by molar-refractivity contribution is 5.84. The lowest BCUT2D eigenvalue weighted by Crippen LogP contribution is -2.44. The van der Waals surface area contributed by atoms with Crippen molar-refractivity contribution in [3.8, 4) is 5.75 Å². The van der Waals surface area contributed by atoms with Gasteiger partial charge in [-0.2, -0.15) is 0 Å². The van der Waals surface area contributed by atoms with Crippen molar-refractivity contribution < 1.29 is 14.3 Å². The normalized spacial score (nSPS) is 13.5. The van der Waals surface area contributed by atoms with E-state index in [-0.39, 0.29) is 5.97 Å². The number of ether oxygens (including phenoxy) is 2. The number of hydrogen-bond donors (Lipinski definition) is 1. The van der Waals surface area contributed by atoms with Gasteiger partial charge in [-0.05, 0) is 44.5 Å². The Morgan fingerprint density at radius 1 is 1.26 bits per heavy atom. The maximum Gasteiger partial charge on any atom is 0.331 e. The minimum absolute atomic E-state index is 0.215. The second kappa shape index (κ2) is 7.02. The molecule has 0 aliphatic rings. The molecule has 4 nitrogen and oxygen atoms in total. The van der Waals surface area contributed by atoms with Crippen LogP contribution in [0, 0.1) is 0 Å². The molecule has 1 aromatic carbocycles. The molecule has 0 bridgehead atoms. The van der Waals surface area contributed by atoms with Crippen LogP contribution in [0.4, 0.5) is 5.69 Å². The van der Waals surface area contributed by atoms with E-state index in [0.29, 0.717) is 6.61 Å². The summed E-state index contributed by atoms with van der Waals surface area (Å²) < 4.78 is 10.3. The zero-order valence-electron chi connectivity index (χ0n) is 12.2. The van der Waals surface area contributed by atoms with Gasteiger partial charge in [0.05, 0.1) is 13.7 Å². The molecular formula is C15H23NO3. The van der Waals surface area contributed by atoms with E-state index in [1.54, 1.807) is 7.11 Å². The summed E-state index contributed by atoms with van der Waals surface area (Å²) in [6, 6.07) is 7.51. The maximum absolute atomic E-state index is 12.1. The fourth-order valence-electron chi connectivity index (χ4n) is 2.00. The predicted molar refractivity (Wildman–Crippen MR) is 76.6 cm³/mol. The van der Waals surface area contributed by atoms with Crippen LogP contribution >= 0.6 is 0 Å². The van der Waals surface area contributed by atoms with Gasteiger partial charge in [-0.3, -0.25) is 0 Å². The first kappa shape index (κ1) is 15.3. The third-order valence-corrected chi connectivity index (χ3v) is 2.99. The summed E-state index contributed by atoms with van der Waals surface area (Å²) in [7, 11) is 1.63. The van der Waals surface area contributed by atoms with Gasteiger partial charge < -0.3 is 14.8 Å². The van der Waals surface area contributed by atoms with Crippen LogP contribution in [0.25, 0.3) is 0 Å². The Labute approximate surface area is 115 Å². The van der Waals surface area contributed by atoms with Crippen molar-refractivity contribution in [2.24, 2.45) is 0 Å². The summed E-state index contributed by atoms with van der Waals surface area (Å²) in [4.78, 5) is 12.1. The molecule has 0 aliphatic carbocycles. The van der Waals surface area contributed by atoms with Crippen molar-refractivity contribution in [2.45, 2.75) is 39.2 Å². The van der Waals surface area contributed by atoms with Gasteiger partial charge in [0.25, 0.3) is 0 Å². The number of methoxy groups -OCH3 is 1. The summed E-state index contributed by atoms with van der Waals surface area (Å²) in [5.41, 5.74) is 0.184. The van der Waals surface area contributed by atoms with Crippen LogP contribution in [0.1, 0.15) is 33.6 Å². The van der Waals surface area contributed by atoms with E-state index in [1.165, 1.54) is 0 Å². The van der Waals surface area contributed by atoms with E-state index in [9.17, 15) is 4.79 Å². The van der Waals surface area contributed by atoms with Gasteiger partial charge in [-0.25, -0.2) is 4.79 Å². The Hall–Kier alpha value is -1.71. The fraction of sp³-hybridized carbons (Fsp3) is 0.533. The van der Waals surface area contributed by atoms with E-state index in [2.05, 4.69) is 5.32 Å². The lowest BCUT2D eigenvalue weighted by Gasteiger charge is -2.29. The highest BCUT2D eigenvalue weighted by atomic mass is 16.5. The van der Waals surface area contributed by atoms with Gasteiger partial charge >= 0.3 is 5.97 Å². The molecule has 1 unspecified atom stereocenters. The Balaban J connectivity index is 2.84. The molecule has 1 rings (SSSR count). The first-order valence-electron chi connectivity index (χ1n) is 6.65. The molecular weight excluding hydrogens is 242 g/mol. The van der Waals surface area contributed by atoms with Crippen LogP contribution < -0.4 is 10.1 Å². The van der Waals surface area contributed by atoms with Gasteiger partial charge in [-0.15, -0.1) is 0 Å². The number of carbonyl (C=O) groups is 1. The van der Waals surface area contributed by atoms with E-state index < -0.39 is 5.54 Å². The summed E-state index contributed by atoms with van der Waals surface area (Å²) in [6.45, 7) is 6.13. The molecule has 1 N–H and O–H groups in total. The van der Waals surface area contributed by atoms with Gasteiger partial charge in [-0.1, -0.05) is 13.3 Å².